The Labute approximate surface area is 147 Å². The van der Waals surface area contributed by atoms with Crippen molar-refractivity contribution in [1.82, 2.24) is 9.80 Å². The Kier molecular flexibility index (Phi) is 4.51. The number of likely N-dealkylation sites (tertiary alicyclic amines) is 1. The normalized spacial score (nSPS) is 31.4. The molecule has 4 atom stereocenters. The summed E-state index contributed by atoms with van der Waals surface area (Å²) in [6, 6.07) is -1.30. The first-order valence-corrected chi connectivity index (χ1v) is 8.81. The maximum absolute atomic E-state index is 13.2. The largest absolute Gasteiger partial charge is 0.467 e. The molecular weight excluding hydrogens is 324 g/mol. The number of carbonyl (C=O) groups is 3. The van der Waals surface area contributed by atoms with Gasteiger partial charge in [-0.2, -0.15) is 0 Å². The molecule has 2 fully saturated rings. The number of methoxy groups -OCH3 is 1. The SMILES string of the molecule is COC(=O)[C@@H]1CC[C@@H]2C=C[C@H]3CCN(C(=O)OC(C)(C)C)[C@@H]3C(=O)N21. The third kappa shape index (κ3) is 3.24. The summed E-state index contributed by atoms with van der Waals surface area (Å²) >= 11 is 0. The smallest absolute Gasteiger partial charge is 0.410 e. The molecule has 0 radical (unpaired) electrons. The lowest BCUT2D eigenvalue weighted by Gasteiger charge is -2.33. The van der Waals surface area contributed by atoms with Gasteiger partial charge in [-0.15, -0.1) is 0 Å². The van der Waals surface area contributed by atoms with E-state index in [9.17, 15) is 14.4 Å². The zero-order valence-corrected chi connectivity index (χ0v) is 15.2. The van der Waals surface area contributed by atoms with Crippen molar-refractivity contribution in [3.63, 3.8) is 0 Å². The van der Waals surface area contributed by atoms with Gasteiger partial charge < -0.3 is 14.4 Å². The van der Waals surface area contributed by atoms with E-state index >= 15 is 0 Å². The highest BCUT2D eigenvalue weighted by atomic mass is 16.6. The van der Waals surface area contributed by atoms with Crippen molar-refractivity contribution in [3.8, 4) is 0 Å². The van der Waals surface area contributed by atoms with Crippen LogP contribution >= 0.6 is 0 Å². The van der Waals surface area contributed by atoms with Crippen molar-refractivity contribution in [3.05, 3.63) is 12.2 Å². The van der Waals surface area contributed by atoms with Gasteiger partial charge in [0.2, 0.25) is 5.91 Å². The van der Waals surface area contributed by atoms with Crippen molar-refractivity contribution in [2.45, 2.75) is 63.8 Å². The van der Waals surface area contributed by atoms with Crippen LogP contribution in [0.25, 0.3) is 0 Å². The first kappa shape index (κ1) is 17.8. The summed E-state index contributed by atoms with van der Waals surface area (Å²) in [5.41, 5.74) is -0.622. The lowest BCUT2D eigenvalue weighted by Crippen LogP contribution is -2.54. The fourth-order valence-electron chi connectivity index (χ4n) is 3.99. The number of hydrogen-bond acceptors (Lipinski definition) is 5. The summed E-state index contributed by atoms with van der Waals surface area (Å²) < 4.78 is 10.3. The molecule has 7 heteroatoms. The van der Waals surface area contributed by atoms with Crippen LogP contribution in [-0.2, 0) is 19.1 Å². The fourth-order valence-corrected chi connectivity index (χ4v) is 3.99. The quantitative estimate of drug-likeness (QED) is 0.532. The van der Waals surface area contributed by atoms with Crippen molar-refractivity contribution in [1.29, 1.82) is 0 Å². The highest BCUT2D eigenvalue weighted by Crippen LogP contribution is 2.36. The molecule has 2 amide bonds. The van der Waals surface area contributed by atoms with Crippen molar-refractivity contribution in [2.75, 3.05) is 13.7 Å². The van der Waals surface area contributed by atoms with Crippen LogP contribution in [0, 0.1) is 5.92 Å². The average molecular weight is 350 g/mol. The Morgan fingerprint density at radius 3 is 2.52 bits per heavy atom. The number of amides is 2. The van der Waals surface area contributed by atoms with Gasteiger partial charge in [-0.25, -0.2) is 9.59 Å². The molecule has 3 rings (SSSR count). The van der Waals surface area contributed by atoms with E-state index in [4.69, 9.17) is 9.47 Å². The molecule has 0 aromatic carbocycles. The second-order valence-electron chi connectivity index (χ2n) is 7.89. The molecule has 2 saturated heterocycles. The zero-order chi connectivity index (χ0) is 18.4. The number of rotatable bonds is 1. The van der Waals surface area contributed by atoms with E-state index in [1.165, 1.54) is 12.0 Å². The van der Waals surface area contributed by atoms with Gasteiger partial charge in [0.1, 0.15) is 17.7 Å². The second-order valence-corrected chi connectivity index (χ2v) is 7.89. The van der Waals surface area contributed by atoms with Gasteiger partial charge in [0.05, 0.1) is 13.2 Å². The van der Waals surface area contributed by atoms with Crippen LogP contribution in [0.1, 0.15) is 40.0 Å². The van der Waals surface area contributed by atoms with Gasteiger partial charge in [0.25, 0.3) is 0 Å². The van der Waals surface area contributed by atoms with Crippen LogP contribution in [0.2, 0.25) is 0 Å². The van der Waals surface area contributed by atoms with Crippen molar-refractivity contribution < 1.29 is 23.9 Å². The van der Waals surface area contributed by atoms with E-state index in [0.717, 1.165) is 12.8 Å². The van der Waals surface area contributed by atoms with Gasteiger partial charge in [0, 0.05) is 12.5 Å². The van der Waals surface area contributed by atoms with E-state index in [-0.39, 0.29) is 17.9 Å². The predicted octanol–water partition coefficient (Wildman–Crippen LogP) is 1.71. The minimum Gasteiger partial charge on any atom is -0.467 e. The first-order valence-electron chi connectivity index (χ1n) is 8.81. The molecule has 7 nitrogen and oxygen atoms in total. The average Bonchev–Trinajstić information content (AvgIpc) is 3.11. The molecule has 0 bridgehead atoms. The molecule has 25 heavy (non-hydrogen) atoms. The maximum Gasteiger partial charge on any atom is 0.410 e. The van der Waals surface area contributed by atoms with E-state index < -0.39 is 29.7 Å². The summed E-state index contributed by atoms with van der Waals surface area (Å²) in [4.78, 5) is 41.0. The fraction of sp³-hybridized carbons (Fsp3) is 0.722. The summed E-state index contributed by atoms with van der Waals surface area (Å²) in [6.45, 7) is 5.88. The Hall–Kier alpha value is -2.05. The van der Waals surface area contributed by atoms with E-state index in [0.29, 0.717) is 13.0 Å². The highest BCUT2D eigenvalue weighted by molar-refractivity contribution is 5.92. The summed E-state index contributed by atoms with van der Waals surface area (Å²) in [7, 11) is 1.33. The molecule has 0 N–H and O–H groups in total. The Morgan fingerprint density at radius 2 is 1.88 bits per heavy atom. The molecule has 0 saturated carbocycles. The third-order valence-corrected chi connectivity index (χ3v) is 5.06. The molecule has 3 aliphatic rings. The van der Waals surface area contributed by atoms with Crippen LogP contribution in [0.3, 0.4) is 0 Å². The van der Waals surface area contributed by atoms with Crippen LogP contribution in [-0.4, -0.2) is 65.2 Å². The molecule has 0 unspecified atom stereocenters. The molecular formula is C18H26N2O5. The van der Waals surface area contributed by atoms with Crippen LogP contribution in [0.15, 0.2) is 12.2 Å². The number of hydrogen-bond donors (Lipinski definition) is 0. The Balaban J connectivity index is 1.86. The van der Waals surface area contributed by atoms with Gasteiger partial charge >= 0.3 is 12.1 Å². The number of ether oxygens (including phenoxy) is 2. The van der Waals surface area contributed by atoms with E-state index in [1.807, 2.05) is 12.2 Å². The van der Waals surface area contributed by atoms with Crippen molar-refractivity contribution in [2.24, 2.45) is 5.92 Å². The number of esters is 1. The lowest BCUT2D eigenvalue weighted by atomic mass is 9.99. The molecule has 0 aromatic rings. The van der Waals surface area contributed by atoms with E-state index in [1.54, 1.807) is 25.7 Å². The highest BCUT2D eigenvalue weighted by Gasteiger charge is 2.51. The maximum atomic E-state index is 13.2. The second kappa shape index (κ2) is 6.35. The summed E-state index contributed by atoms with van der Waals surface area (Å²) in [5.74, 6) is -0.621. The molecule has 3 heterocycles. The monoisotopic (exact) mass is 350 g/mol. The van der Waals surface area contributed by atoms with Gasteiger partial charge in [-0.3, -0.25) is 9.69 Å². The minimum atomic E-state index is -0.622. The van der Waals surface area contributed by atoms with Gasteiger partial charge in [-0.05, 0) is 40.0 Å². The minimum absolute atomic E-state index is 0.0380. The molecule has 138 valence electrons. The van der Waals surface area contributed by atoms with Gasteiger partial charge in [0.15, 0.2) is 0 Å². The topological polar surface area (TPSA) is 76.1 Å². The lowest BCUT2D eigenvalue weighted by molar-refractivity contribution is -0.153. The number of fused-ring (bicyclic) bond motifs is 2. The molecule has 0 aromatic heterocycles. The van der Waals surface area contributed by atoms with E-state index in [2.05, 4.69) is 0 Å². The Morgan fingerprint density at radius 1 is 1.16 bits per heavy atom. The molecule has 3 aliphatic heterocycles. The number of nitrogens with zero attached hydrogens (tertiary/aromatic N) is 2. The summed E-state index contributed by atoms with van der Waals surface area (Å²) in [6.07, 6.45) is 5.58. The van der Waals surface area contributed by atoms with Gasteiger partial charge in [-0.1, -0.05) is 12.2 Å². The van der Waals surface area contributed by atoms with Crippen LogP contribution < -0.4 is 0 Å². The van der Waals surface area contributed by atoms with Crippen LogP contribution in [0.4, 0.5) is 4.79 Å². The Bertz CT molecular complexity index is 609. The van der Waals surface area contributed by atoms with Crippen LogP contribution in [0.5, 0.6) is 0 Å². The predicted molar refractivity (Wildman–Crippen MR) is 89.6 cm³/mol. The summed E-state index contributed by atoms with van der Waals surface area (Å²) in [5, 5.41) is 0. The van der Waals surface area contributed by atoms with Crippen molar-refractivity contribution >= 4 is 18.0 Å². The molecule has 0 spiro atoms. The zero-order valence-electron chi connectivity index (χ0n) is 15.2. The standard InChI is InChI=1S/C18H26N2O5/c1-18(2,3)25-17(23)19-10-9-11-5-6-12-7-8-13(16(22)24-4)20(12)15(21)14(11)19/h5-6,11-14H,7-10H2,1-4H3/t11-,12-,13-,14-/m0/s1. The first-order chi connectivity index (χ1) is 11.7. The number of carbonyl (C=O) groups excluding carboxylic acids is 3. The molecule has 0 aliphatic carbocycles. The third-order valence-electron chi connectivity index (χ3n) is 5.06.